The fraction of sp³-hybridized carbons (Fsp3) is 0.625. The standard InChI is InChI=1S/C16H26N2O/c1-16(2,12-18(3)4)11-17-14-9-10-19-15-8-6-5-7-13(14)15/h5-8,14,17H,9-12H2,1-4H3. The molecule has 0 saturated heterocycles. The number of rotatable bonds is 5. The van der Waals surface area contributed by atoms with Gasteiger partial charge in [-0.1, -0.05) is 32.0 Å². The maximum absolute atomic E-state index is 5.70. The lowest BCUT2D eigenvalue weighted by molar-refractivity contribution is 0.205. The van der Waals surface area contributed by atoms with Crippen LogP contribution in [0.4, 0.5) is 0 Å². The van der Waals surface area contributed by atoms with Crippen molar-refractivity contribution in [3.8, 4) is 5.75 Å². The summed E-state index contributed by atoms with van der Waals surface area (Å²) in [7, 11) is 4.26. The normalized spacial score (nSPS) is 19.1. The number of hydrogen-bond acceptors (Lipinski definition) is 3. The van der Waals surface area contributed by atoms with Crippen molar-refractivity contribution in [3.05, 3.63) is 29.8 Å². The second kappa shape index (κ2) is 5.93. The number of benzene rings is 1. The molecular weight excluding hydrogens is 236 g/mol. The smallest absolute Gasteiger partial charge is 0.124 e. The zero-order valence-corrected chi connectivity index (χ0v) is 12.6. The molecule has 106 valence electrons. The monoisotopic (exact) mass is 262 g/mol. The summed E-state index contributed by atoms with van der Waals surface area (Å²) in [5.41, 5.74) is 1.57. The maximum Gasteiger partial charge on any atom is 0.124 e. The Balaban J connectivity index is 1.98. The van der Waals surface area contributed by atoms with Crippen molar-refractivity contribution in [2.45, 2.75) is 26.3 Å². The summed E-state index contributed by atoms with van der Waals surface area (Å²) in [6.45, 7) is 7.54. The summed E-state index contributed by atoms with van der Waals surface area (Å²) in [5.74, 6) is 1.04. The van der Waals surface area contributed by atoms with Crippen LogP contribution in [0.15, 0.2) is 24.3 Å². The number of nitrogens with one attached hydrogen (secondary N) is 1. The highest BCUT2D eigenvalue weighted by Gasteiger charge is 2.24. The molecule has 0 radical (unpaired) electrons. The van der Waals surface area contributed by atoms with Gasteiger partial charge in [0.1, 0.15) is 5.75 Å². The van der Waals surface area contributed by atoms with Gasteiger partial charge in [0.25, 0.3) is 0 Å². The van der Waals surface area contributed by atoms with E-state index in [2.05, 4.69) is 56.4 Å². The Morgan fingerprint density at radius 1 is 1.32 bits per heavy atom. The summed E-state index contributed by atoms with van der Waals surface area (Å²) in [6.07, 6.45) is 1.05. The molecule has 1 unspecified atom stereocenters. The van der Waals surface area contributed by atoms with Crippen LogP contribution in [0.5, 0.6) is 5.75 Å². The summed E-state index contributed by atoms with van der Waals surface area (Å²) in [4.78, 5) is 2.25. The minimum Gasteiger partial charge on any atom is -0.493 e. The van der Waals surface area contributed by atoms with Crippen molar-refractivity contribution in [1.82, 2.24) is 10.2 Å². The van der Waals surface area contributed by atoms with Crippen molar-refractivity contribution in [2.24, 2.45) is 5.41 Å². The number of ether oxygens (including phenoxy) is 1. The molecule has 1 atom stereocenters. The van der Waals surface area contributed by atoms with Crippen LogP contribution in [0.3, 0.4) is 0 Å². The molecule has 0 saturated carbocycles. The molecule has 0 fully saturated rings. The third kappa shape index (κ3) is 3.95. The Morgan fingerprint density at radius 3 is 2.79 bits per heavy atom. The van der Waals surface area contributed by atoms with Crippen LogP contribution in [-0.4, -0.2) is 38.7 Å². The number of hydrogen-bond donors (Lipinski definition) is 1. The summed E-state index contributed by atoms with van der Waals surface area (Å²) in [5, 5.41) is 3.72. The van der Waals surface area contributed by atoms with E-state index in [4.69, 9.17) is 4.74 Å². The fourth-order valence-corrected chi connectivity index (χ4v) is 2.87. The topological polar surface area (TPSA) is 24.5 Å². The van der Waals surface area contributed by atoms with Gasteiger partial charge in [0, 0.05) is 31.1 Å². The van der Waals surface area contributed by atoms with Crippen LogP contribution in [0.1, 0.15) is 31.9 Å². The average molecular weight is 262 g/mol. The first-order chi connectivity index (χ1) is 8.98. The first kappa shape index (κ1) is 14.4. The van der Waals surface area contributed by atoms with Gasteiger partial charge in [-0.05, 0) is 25.6 Å². The molecule has 1 aliphatic heterocycles. The molecule has 0 bridgehead atoms. The van der Waals surface area contributed by atoms with Crippen LogP contribution in [0.2, 0.25) is 0 Å². The quantitative estimate of drug-likeness (QED) is 0.883. The number of fused-ring (bicyclic) bond motifs is 1. The predicted octanol–water partition coefficient (Wildman–Crippen LogP) is 2.69. The second-order valence-electron chi connectivity index (χ2n) is 6.51. The van der Waals surface area contributed by atoms with Crippen molar-refractivity contribution < 1.29 is 4.74 Å². The van der Waals surface area contributed by atoms with Gasteiger partial charge >= 0.3 is 0 Å². The summed E-state index contributed by atoms with van der Waals surface area (Å²) >= 11 is 0. The van der Waals surface area contributed by atoms with E-state index in [9.17, 15) is 0 Å². The largest absolute Gasteiger partial charge is 0.493 e. The molecule has 1 N–H and O–H groups in total. The predicted molar refractivity (Wildman–Crippen MR) is 79.6 cm³/mol. The average Bonchev–Trinajstić information content (AvgIpc) is 2.35. The van der Waals surface area contributed by atoms with Crippen LogP contribution < -0.4 is 10.1 Å². The first-order valence-corrected chi connectivity index (χ1v) is 7.08. The van der Waals surface area contributed by atoms with E-state index in [0.717, 1.165) is 31.9 Å². The minimum atomic E-state index is 0.275. The van der Waals surface area contributed by atoms with Gasteiger partial charge in [0.05, 0.1) is 6.61 Å². The number of nitrogens with zero attached hydrogens (tertiary/aromatic N) is 1. The lowest BCUT2D eigenvalue weighted by Crippen LogP contribution is -2.40. The van der Waals surface area contributed by atoms with E-state index in [1.165, 1.54) is 5.56 Å². The van der Waals surface area contributed by atoms with Gasteiger partial charge in [0.15, 0.2) is 0 Å². The maximum atomic E-state index is 5.70. The van der Waals surface area contributed by atoms with Crippen molar-refractivity contribution in [2.75, 3.05) is 33.8 Å². The van der Waals surface area contributed by atoms with Crippen molar-refractivity contribution in [3.63, 3.8) is 0 Å². The van der Waals surface area contributed by atoms with Crippen LogP contribution >= 0.6 is 0 Å². The molecule has 1 aromatic carbocycles. The van der Waals surface area contributed by atoms with Crippen molar-refractivity contribution >= 4 is 0 Å². The zero-order valence-electron chi connectivity index (χ0n) is 12.6. The SMILES string of the molecule is CN(C)CC(C)(C)CNC1CCOc2ccccc21. The molecule has 0 aliphatic carbocycles. The Hall–Kier alpha value is -1.06. The molecule has 3 nitrogen and oxygen atoms in total. The van der Waals surface area contributed by atoms with Crippen LogP contribution in [0, 0.1) is 5.41 Å². The Kier molecular flexibility index (Phi) is 4.48. The molecule has 2 rings (SSSR count). The Morgan fingerprint density at radius 2 is 2.05 bits per heavy atom. The van der Waals surface area contributed by atoms with Crippen LogP contribution in [0.25, 0.3) is 0 Å². The highest BCUT2D eigenvalue weighted by atomic mass is 16.5. The Bertz CT molecular complexity index is 415. The molecule has 3 heteroatoms. The summed E-state index contributed by atoms with van der Waals surface area (Å²) in [6, 6.07) is 8.79. The van der Waals surface area contributed by atoms with Gasteiger partial charge in [-0.25, -0.2) is 0 Å². The van der Waals surface area contributed by atoms with E-state index in [1.807, 2.05) is 6.07 Å². The van der Waals surface area contributed by atoms with E-state index in [1.54, 1.807) is 0 Å². The van der Waals surface area contributed by atoms with E-state index in [0.29, 0.717) is 6.04 Å². The highest BCUT2D eigenvalue weighted by molar-refractivity contribution is 5.37. The molecule has 19 heavy (non-hydrogen) atoms. The van der Waals surface area contributed by atoms with Gasteiger partial charge < -0.3 is 15.0 Å². The van der Waals surface area contributed by atoms with Crippen LogP contribution in [-0.2, 0) is 0 Å². The van der Waals surface area contributed by atoms with E-state index >= 15 is 0 Å². The van der Waals surface area contributed by atoms with Crippen molar-refractivity contribution in [1.29, 1.82) is 0 Å². The molecule has 1 aromatic rings. The number of para-hydroxylation sites is 1. The van der Waals surface area contributed by atoms with Gasteiger partial charge in [-0.2, -0.15) is 0 Å². The van der Waals surface area contributed by atoms with E-state index < -0.39 is 0 Å². The lowest BCUT2D eigenvalue weighted by atomic mass is 9.91. The summed E-state index contributed by atoms with van der Waals surface area (Å²) < 4.78 is 5.70. The Labute approximate surface area is 116 Å². The molecule has 1 aliphatic rings. The van der Waals surface area contributed by atoms with Gasteiger partial charge in [0.2, 0.25) is 0 Å². The molecule has 1 heterocycles. The van der Waals surface area contributed by atoms with Gasteiger partial charge in [-0.3, -0.25) is 0 Å². The molecule has 0 spiro atoms. The first-order valence-electron chi connectivity index (χ1n) is 7.08. The fourth-order valence-electron chi connectivity index (χ4n) is 2.87. The van der Waals surface area contributed by atoms with Gasteiger partial charge in [-0.15, -0.1) is 0 Å². The third-order valence-electron chi connectivity index (χ3n) is 3.53. The third-order valence-corrected chi connectivity index (χ3v) is 3.53. The highest BCUT2D eigenvalue weighted by Crippen LogP contribution is 2.32. The molecule has 0 amide bonds. The van der Waals surface area contributed by atoms with E-state index in [-0.39, 0.29) is 5.41 Å². The zero-order chi connectivity index (χ0) is 13.9. The lowest BCUT2D eigenvalue weighted by Gasteiger charge is -2.33. The molecular formula is C16H26N2O. The second-order valence-corrected chi connectivity index (χ2v) is 6.51. The molecule has 0 aromatic heterocycles. The minimum absolute atomic E-state index is 0.275.